The molecule has 0 aliphatic rings. The van der Waals surface area contributed by atoms with E-state index in [0.717, 1.165) is 11.4 Å². The molecular formula is C11H9Cl2N3O. The number of rotatable bonds is 2. The highest BCUT2D eigenvalue weighted by atomic mass is 35.5. The maximum absolute atomic E-state index is 5.94. The van der Waals surface area contributed by atoms with E-state index < -0.39 is 0 Å². The van der Waals surface area contributed by atoms with Crippen LogP contribution in [0, 0.1) is 13.8 Å². The highest BCUT2D eigenvalue weighted by Crippen LogP contribution is 2.27. The largest absolute Gasteiger partial charge is 0.435 e. The average molecular weight is 270 g/mol. The molecule has 0 aliphatic carbocycles. The summed E-state index contributed by atoms with van der Waals surface area (Å²) < 4.78 is 5.47. The van der Waals surface area contributed by atoms with Crippen LogP contribution in [0.4, 0.5) is 0 Å². The van der Waals surface area contributed by atoms with E-state index in [1.807, 2.05) is 13.8 Å². The highest BCUT2D eigenvalue weighted by molar-refractivity contribution is 6.31. The fraction of sp³-hybridized carbons (Fsp3) is 0.182. The lowest BCUT2D eigenvalue weighted by Gasteiger charge is -2.07. The third-order valence-electron chi connectivity index (χ3n) is 2.13. The molecule has 0 fully saturated rings. The van der Waals surface area contributed by atoms with Crippen molar-refractivity contribution in [2.45, 2.75) is 13.8 Å². The zero-order chi connectivity index (χ0) is 12.4. The van der Waals surface area contributed by atoms with Gasteiger partial charge in [-0.2, -0.15) is 0 Å². The molecule has 0 unspecified atom stereocenters. The van der Waals surface area contributed by atoms with Crippen molar-refractivity contribution < 1.29 is 4.74 Å². The van der Waals surface area contributed by atoms with E-state index in [1.54, 1.807) is 6.07 Å². The number of nitrogens with zero attached hydrogens (tertiary/aromatic N) is 3. The fourth-order valence-electron chi connectivity index (χ4n) is 1.18. The molecule has 2 heterocycles. The molecule has 0 N–H and O–H groups in total. The molecule has 0 spiro atoms. The smallest absolute Gasteiger partial charge is 0.257 e. The second-order valence-electron chi connectivity index (χ2n) is 3.43. The van der Waals surface area contributed by atoms with Crippen molar-refractivity contribution in [2.24, 2.45) is 0 Å². The molecule has 88 valence electrons. The molecule has 0 saturated heterocycles. The minimum Gasteiger partial charge on any atom is -0.435 e. The van der Waals surface area contributed by atoms with Crippen LogP contribution in [0.1, 0.15) is 11.4 Å². The number of pyridine rings is 1. The third kappa shape index (κ3) is 2.84. The summed E-state index contributed by atoms with van der Waals surface area (Å²) in [6, 6.07) is 1.63. The lowest BCUT2D eigenvalue weighted by molar-refractivity contribution is 0.456. The highest BCUT2D eigenvalue weighted by Gasteiger charge is 2.09. The van der Waals surface area contributed by atoms with Gasteiger partial charge in [0.05, 0.1) is 22.6 Å². The van der Waals surface area contributed by atoms with Crippen LogP contribution in [0.25, 0.3) is 0 Å². The van der Waals surface area contributed by atoms with Gasteiger partial charge in [-0.05, 0) is 13.8 Å². The second-order valence-corrected chi connectivity index (χ2v) is 4.23. The summed E-state index contributed by atoms with van der Waals surface area (Å²) in [6.45, 7) is 3.67. The molecule has 0 radical (unpaired) electrons. The molecule has 6 heteroatoms. The summed E-state index contributed by atoms with van der Waals surface area (Å²) in [7, 11) is 0. The molecule has 0 amide bonds. The molecule has 4 nitrogen and oxygen atoms in total. The molecule has 0 bridgehead atoms. The Hall–Kier alpha value is -1.39. The Bertz CT molecular complexity index is 560. The predicted octanol–water partition coefficient (Wildman–Crippen LogP) is 3.59. The first-order valence-electron chi connectivity index (χ1n) is 4.85. The van der Waals surface area contributed by atoms with Crippen molar-refractivity contribution in [3.05, 3.63) is 40.0 Å². The van der Waals surface area contributed by atoms with E-state index >= 15 is 0 Å². The van der Waals surface area contributed by atoms with Gasteiger partial charge in [-0.1, -0.05) is 23.2 Å². The lowest BCUT2D eigenvalue weighted by atomic mass is 10.3. The van der Waals surface area contributed by atoms with Crippen LogP contribution in [0.2, 0.25) is 10.2 Å². The molecule has 0 atom stereocenters. The van der Waals surface area contributed by atoms with E-state index in [1.165, 1.54) is 12.4 Å². The number of hydrogen-bond donors (Lipinski definition) is 0. The standard InChI is InChI=1S/C11H9Cl2N3O/c1-6-7(2)16-11(10(13)15-6)17-9-3-8(12)4-14-5-9/h3-5H,1-2H3. The SMILES string of the molecule is Cc1nc(Cl)c(Oc2cncc(Cl)c2)nc1C. The Kier molecular flexibility index (Phi) is 3.45. The van der Waals surface area contributed by atoms with E-state index in [9.17, 15) is 0 Å². The molecule has 0 saturated carbocycles. The Balaban J connectivity index is 2.33. The van der Waals surface area contributed by atoms with Gasteiger partial charge >= 0.3 is 0 Å². The molecule has 0 aromatic carbocycles. The maximum atomic E-state index is 5.94. The van der Waals surface area contributed by atoms with E-state index in [0.29, 0.717) is 10.8 Å². The molecule has 2 rings (SSSR count). The first-order chi connectivity index (χ1) is 8.06. The molecule has 0 aliphatic heterocycles. The average Bonchev–Trinajstić information content (AvgIpc) is 2.26. The van der Waals surface area contributed by atoms with Gasteiger partial charge in [0.2, 0.25) is 0 Å². The predicted molar refractivity (Wildman–Crippen MR) is 65.8 cm³/mol. The molecule has 2 aromatic heterocycles. The first kappa shape index (κ1) is 12.1. The Morgan fingerprint density at radius 3 is 2.47 bits per heavy atom. The summed E-state index contributed by atoms with van der Waals surface area (Å²) in [6.07, 6.45) is 3.04. The normalized spacial score (nSPS) is 10.4. The van der Waals surface area contributed by atoms with Crippen LogP contribution in [0.15, 0.2) is 18.5 Å². The number of aryl methyl sites for hydroxylation is 2. The van der Waals surface area contributed by atoms with Gasteiger partial charge in [-0.15, -0.1) is 0 Å². The van der Waals surface area contributed by atoms with Gasteiger partial charge in [0.25, 0.3) is 5.88 Å². The summed E-state index contributed by atoms with van der Waals surface area (Å²) in [5, 5.41) is 0.698. The lowest BCUT2D eigenvalue weighted by Crippen LogP contribution is -1.97. The Morgan fingerprint density at radius 1 is 1.06 bits per heavy atom. The Labute approximate surface area is 109 Å². The van der Waals surface area contributed by atoms with Crippen LogP contribution in [0.3, 0.4) is 0 Å². The van der Waals surface area contributed by atoms with Gasteiger partial charge in [0.15, 0.2) is 5.15 Å². The van der Waals surface area contributed by atoms with Crippen molar-refractivity contribution in [1.29, 1.82) is 0 Å². The maximum Gasteiger partial charge on any atom is 0.257 e. The van der Waals surface area contributed by atoms with Crippen molar-refractivity contribution in [1.82, 2.24) is 15.0 Å². The van der Waals surface area contributed by atoms with Crippen LogP contribution in [-0.4, -0.2) is 15.0 Å². The number of aromatic nitrogens is 3. The van der Waals surface area contributed by atoms with Crippen LogP contribution < -0.4 is 4.74 Å². The molecule has 2 aromatic rings. The Morgan fingerprint density at radius 2 is 1.76 bits per heavy atom. The summed E-state index contributed by atoms with van der Waals surface area (Å²) in [5.41, 5.74) is 1.53. The number of hydrogen-bond acceptors (Lipinski definition) is 4. The minimum atomic E-state index is 0.216. The zero-order valence-corrected chi connectivity index (χ0v) is 10.7. The van der Waals surface area contributed by atoms with Gasteiger partial charge < -0.3 is 4.74 Å². The zero-order valence-electron chi connectivity index (χ0n) is 9.24. The first-order valence-corrected chi connectivity index (χ1v) is 5.61. The third-order valence-corrected chi connectivity index (χ3v) is 2.58. The van der Waals surface area contributed by atoms with Crippen molar-refractivity contribution in [3.63, 3.8) is 0 Å². The molecule has 17 heavy (non-hydrogen) atoms. The van der Waals surface area contributed by atoms with Gasteiger partial charge in [0, 0.05) is 12.3 Å². The van der Waals surface area contributed by atoms with Gasteiger partial charge in [0.1, 0.15) is 5.75 Å². The van der Waals surface area contributed by atoms with Crippen molar-refractivity contribution >= 4 is 23.2 Å². The van der Waals surface area contributed by atoms with Gasteiger partial charge in [-0.3, -0.25) is 4.98 Å². The van der Waals surface area contributed by atoms with Crippen LogP contribution in [0.5, 0.6) is 11.6 Å². The topological polar surface area (TPSA) is 47.9 Å². The summed E-state index contributed by atoms with van der Waals surface area (Å²) >= 11 is 11.7. The number of ether oxygens (including phenoxy) is 1. The van der Waals surface area contributed by atoms with Crippen molar-refractivity contribution in [2.75, 3.05) is 0 Å². The van der Waals surface area contributed by atoms with Crippen molar-refractivity contribution in [3.8, 4) is 11.6 Å². The monoisotopic (exact) mass is 269 g/mol. The van der Waals surface area contributed by atoms with E-state index in [4.69, 9.17) is 27.9 Å². The molecular weight excluding hydrogens is 261 g/mol. The van der Waals surface area contributed by atoms with Gasteiger partial charge in [-0.25, -0.2) is 9.97 Å². The second kappa shape index (κ2) is 4.85. The number of halogens is 2. The van der Waals surface area contributed by atoms with E-state index in [-0.39, 0.29) is 11.0 Å². The summed E-state index contributed by atoms with van der Waals surface area (Å²) in [4.78, 5) is 12.2. The minimum absolute atomic E-state index is 0.216. The van der Waals surface area contributed by atoms with E-state index in [2.05, 4.69) is 15.0 Å². The quantitative estimate of drug-likeness (QED) is 0.836. The summed E-state index contributed by atoms with van der Waals surface area (Å²) in [5.74, 6) is 0.718. The van der Waals surface area contributed by atoms with Crippen LogP contribution >= 0.6 is 23.2 Å². The van der Waals surface area contributed by atoms with Crippen LogP contribution in [-0.2, 0) is 0 Å². The fourth-order valence-corrected chi connectivity index (χ4v) is 1.55.